The first kappa shape index (κ1) is 31.4. The van der Waals surface area contributed by atoms with Crippen molar-refractivity contribution in [3.63, 3.8) is 0 Å². The predicted octanol–water partition coefficient (Wildman–Crippen LogP) is 10.8. The summed E-state index contributed by atoms with van der Waals surface area (Å²) in [4.78, 5) is 5.37. The lowest BCUT2D eigenvalue weighted by Crippen LogP contribution is -2.39. The normalized spacial score (nSPS) is 15.7. The van der Waals surface area contributed by atoms with Gasteiger partial charge in [0, 0.05) is 25.5 Å². The first-order valence-corrected chi connectivity index (χ1v) is 16.0. The van der Waals surface area contributed by atoms with Gasteiger partial charge in [-0.15, -0.1) is 0 Å². The fourth-order valence-corrected chi connectivity index (χ4v) is 5.48. The Morgan fingerprint density at radius 2 is 0.676 bits per heavy atom. The molecule has 0 aromatic carbocycles. The van der Waals surface area contributed by atoms with Crippen LogP contribution in [0.5, 0.6) is 0 Å². The summed E-state index contributed by atoms with van der Waals surface area (Å²) < 4.78 is 0. The van der Waals surface area contributed by atoms with Gasteiger partial charge in [-0.1, -0.05) is 149 Å². The van der Waals surface area contributed by atoms with Crippen LogP contribution in [0, 0.1) is 0 Å². The van der Waals surface area contributed by atoms with Crippen LogP contribution >= 0.6 is 0 Å². The molecule has 0 aliphatic carbocycles. The molecule has 0 saturated carbocycles. The minimum absolute atomic E-state index is 0.643. The molecule has 202 valence electrons. The summed E-state index contributed by atoms with van der Waals surface area (Å²) in [5.41, 5.74) is 0. The standard InChI is InChI=1S/C32H64N2/c1-4-7-10-13-15-17-18-19-21-23-26-29-34-31-30-33(28-25-12-9-6-3)32(34)27-24-22-20-16-14-11-8-5-2/h30-32H,4-29H2,1-3H3. The molecular weight excluding hydrogens is 412 g/mol. The third kappa shape index (κ3) is 16.9. The average Bonchev–Trinajstić information content (AvgIpc) is 3.23. The Morgan fingerprint density at radius 1 is 0.382 bits per heavy atom. The van der Waals surface area contributed by atoms with Gasteiger partial charge >= 0.3 is 0 Å². The fourth-order valence-electron chi connectivity index (χ4n) is 5.48. The van der Waals surface area contributed by atoms with Gasteiger partial charge < -0.3 is 9.80 Å². The first-order chi connectivity index (χ1) is 16.8. The molecule has 1 aliphatic rings. The van der Waals surface area contributed by atoms with Crippen molar-refractivity contribution in [3.05, 3.63) is 12.4 Å². The van der Waals surface area contributed by atoms with E-state index in [1.54, 1.807) is 0 Å². The van der Waals surface area contributed by atoms with Crippen LogP contribution in [0.3, 0.4) is 0 Å². The minimum Gasteiger partial charge on any atom is -0.356 e. The Morgan fingerprint density at radius 3 is 1.06 bits per heavy atom. The SMILES string of the molecule is CCCCCCCCCCCCCN1C=CN(CCCCCC)C1CCCCCCCCCC. The summed E-state index contributed by atoms with van der Waals surface area (Å²) in [5, 5.41) is 0. The molecule has 0 aromatic heterocycles. The van der Waals surface area contributed by atoms with Gasteiger partial charge in [0.1, 0.15) is 6.17 Å². The zero-order valence-electron chi connectivity index (χ0n) is 24.0. The summed E-state index contributed by atoms with van der Waals surface area (Å²) in [7, 11) is 0. The van der Waals surface area contributed by atoms with E-state index in [2.05, 4.69) is 43.0 Å². The van der Waals surface area contributed by atoms with Gasteiger partial charge in [0.15, 0.2) is 0 Å². The van der Waals surface area contributed by atoms with Gasteiger partial charge in [0.05, 0.1) is 0 Å². The maximum atomic E-state index is 2.69. The molecule has 0 spiro atoms. The van der Waals surface area contributed by atoms with Gasteiger partial charge in [0.25, 0.3) is 0 Å². The molecule has 1 atom stereocenters. The highest BCUT2D eigenvalue weighted by Gasteiger charge is 2.24. The highest BCUT2D eigenvalue weighted by atomic mass is 15.4. The Hall–Kier alpha value is -0.660. The van der Waals surface area contributed by atoms with Crippen LogP contribution in [0.25, 0.3) is 0 Å². The molecule has 1 rings (SSSR count). The Bertz CT molecular complexity index is 433. The first-order valence-electron chi connectivity index (χ1n) is 16.0. The van der Waals surface area contributed by atoms with Gasteiger partial charge in [-0.2, -0.15) is 0 Å². The quantitative estimate of drug-likeness (QED) is 0.114. The Balaban J connectivity index is 2.20. The molecule has 2 nitrogen and oxygen atoms in total. The molecule has 1 heterocycles. The smallest absolute Gasteiger partial charge is 0.101 e. The lowest BCUT2D eigenvalue weighted by molar-refractivity contribution is 0.135. The van der Waals surface area contributed by atoms with Crippen LogP contribution < -0.4 is 0 Å². The second-order valence-electron chi connectivity index (χ2n) is 11.1. The van der Waals surface area contributed by atoms with Crippen molar-refractivity contribution < 1.29 is 0 Å². The van der Waals surface area contributed by atoms with E-state index in [0.717, 1.165) is 0 Å². The second-order valence-corrected chi connectivity index (χ2v) is 11.1. The minimum atomic E-state index is 0.643. The average molecular weight is 477 g/mol. The van der Waals surface area contributed by atoms with Crippen molar-refractivity contribution in [3.8, 4) is 0 Å². The maximum absolute atomic E-state index is 2.69. The highest BCUT2D eigenvalue weighted by molar-refractivity contribution is 4.97. The molecule has 0 N–H and O–H groups in total. The van der Waals surface area contributed by atoms with Crippen molar-refractivity contribution in [2.45, 2.75) is 181 Å². The Kier molecular flexibility index (Phi) is 22.2. The summed E-state index contributed by atoms with van der Waals surface area (Å²) >= 11 is 0. The second kappa shape index (κ2) is 24.1. The molecule has 0 aromatic rings. The third-order valence-corrected chi connectivity index (χ3v) is 7.82. The number of hydrogen-bond acceptors (Lipinski definition) is 2. The van der Waals surface area contributed by atoms with Crippen LogP contribution in [0.2, 0.25) is 0 Å². The molecule has 0 saturated heterocycles. The molecule has 0 fully saturated rings. The third-order valence-electron chi connectivity index (χ3n) is 7.82. The Labute approximate surface area is 216 Å². The highest BCUT2D eigenvalue weighted by Crippen LogP contribution is 2.24. The number of unbranched alkanes of at least 4 members (excludes halogenated alkanes) is 20. The van der Waals surface area contributed by atoms with Crippen molar-refractivity contribution in [1.29, 1.82) is 0 Å². The summed E-state index contributed by atoms with van der Waals surface area (Å²) in [6.07, 6.45) is 39.5. The largest absolute Gasteiger partial charge is 0.356 e. The van der Waals surface area contributed by atoms with Crippen LogP contribution in [-0.4, -0.2) is 29.1 Å². The van der Waals surface area contributed by atoms with Crippen molar-refractivity contribution in [2.75, 3.05) is 13.1 Å². The molecule has 0 amide bonds. The molecule has 1 unspecified atom stereocenters. The van der Waals surface area contributed by atoms with Crippen LogP contribution in [-0.2, 0) is 0 Å². The molecule has 0 bridgehead atoms. The van der Waals surface area contributed by atoms with E-state index in [0.29, 0.717) is 6.17 Å². The van der Waals surface area contributed by atoms with Gasteiger partial charge in [-0.3, -0.25) is 0 Å². The van der Waals surface area contributed by atoms with E-state index in [4.69, 9.17) is 0 Å². The number of rotatable bonds is 26. The van der Waals surface area contributed by atoms with Gasteiger partial charge in [-0.05, 0) is 25.7 Å². The predicted molar refractivity (Wildman–Crippen MR) is 154 cm³/mol. The number of hydrogen-bond donors (Lipinski definition) is 0. The van der Waals surface area contributed by atoms with Crippen molar-refractivity contribution in [1.82, 2.24) is 9.80 Å². The molecule has 0 radical (unpaired) electrons. The summed E-state index contributed by atoms with van der Waals surface area (Å²) in [6, 6.07) is 0. The van der Waals surface area contributed by atoms with Crippen LogP contribution in [0.4, 0.5) is 0 Å². The van der Waals surface area contributed by atoms with Crippen LogP contribution in [0.1, 0.15) is 175 Å². The van der Waals surface area contributed by atoms with E-state index < -0.39 is 0 Å². The zero-order chi connectivity index (χ0) is 24.5. The van der Waals surface area contributed by atoms with Gasteiger partial charge in [0.2, 0.25) is 0 Å². The zero-order valence-corrected chi connectivity index (χ0v) is 24.0. The van der Waals surface area contributed by atoms with Gasteiger partial charge in [-0.25, -0.2) is 0 Å². The summed E-state index contributed by atoms with van der Waals surface area (Å²) in [6.45, 7) is 9.46. The molecular formula is C32H64N2. The molecule has 2 heteroatoms. The fraction of sp³-hybridized carbons (Fsp3) is 0.938. The maximum Gasteiger partial charge on any atom is 0.101 e. The lowest BCUT2D eigenvalue weighted by Gasteiger charge is -2.33. The van der Waals surface area contributed by atoms with Crippen LogP contribution in [0.15, 0.2) is 12.4 Å². The monoisotopic (exact) mass is 477 g/mol. The number of nitrogens with zero attached hydrogens (tertiary/aromatic N) is 2. The molecule has 34 heavy (non-hydrogen) atoms. The topological polar surface area (TPSA) is 6.48 Å². The van der Waals surface area contributed by atoms with E-state index in [-0.39, 0.29) is 0 Å². The lowest BCUT2D eigenvalue weighted by atomic mass is 10.1. The molecule has 1 aliphatic heterocycles. The van der Waals surface area contributed by atoms with E-state index in [1.165, 1.54) is 167 Å². The van der Waals surface area contributed by atoms with E-state index in [1.807, 2.05) is 0 Å². The van der Waals surface area contributed by atoms with Crippen molar-refractivity contribution >= 4 is 0 Å². The van der Waals surface area contributed by atoms with E-state index >= 15 is 0 Å². The summed E-state index contributed by atoms with van der Waals surface area (Å²) in [5.74, 6) is 0. The van der Waals surface area contributed by atoms with Crippen molar-refractivity contribution in [2.24, 2.45) is 0 Å². The van der Waals surface area contributed by atoms with E-state index in [9.17, 15) is 0 Å².